The number of rotatable bonds is 1. The number of esters is 1. The Morgan fingerprint density at radius 1 is 1.38 bits per heavy atom. The highest BCUT2D eigenvalue weighted by Crippen LogP contribution is 2.24. The van der Waals surface area contributed by atoms with Gasteiger partial charge in [-0.1, -0.05) is 6.92 Å². The number of ether oxygens (including phenoxy) is 1. The molecule has 1 fully saturated rings. The minimum Gasteiger partial charge on any atom is -0.462 e. The molecule has 0 aromatic rings. The summed E-state index contributed by atoms with van der Waals surface area (Å²) >= 11 is 0. The van der Waals surface area contributed by atoms with Crippen molar-refractivity contribution in [3.8, 4) is 0 Å². The molecule has 74 valence electrons. The maximum atomic E-state index is 11.1. The van der Waals surface area contributed by atoms with E-state index in [4.69, 9.17) is 0 Å². The van der Waals surface area contributed by atoms with E-state index in [1.165, 1.54) is 7.11 Å². The van der Waals surface area contributed by atoms with Gasteiger partial charge in [-0.3, -0.25) is 4.79 Å². The number of carbonyl (C=O) groups is 2. The fourth-order valence-corrected chi connectivity index (χ4v) is 1.68. The maximum Gasteiger partial charge on any atom is 0.396 e. The third-order valence-electron chi connectivity index (χ3n) is 2.40. The highest BCUT2D eigenvalue weighted by molar-refractivity contribution is 6.32. The van der Waals surface area contributed by atoms with Gasteiger partial charge in [0.2, 0.25) is 0 Å². The van der Waals surface area contributed by atoms with Crippen LogP contribution in [0.15, 0.2) is 0 Å². The normalized spacial score (nSPS) is 26.9. The largest absolute Gasteiger partial charge is 0.462 e. The van der Waals surface area contributed by atoms with Crippen LogP contribution >= 0.6 is 0 Å². The predicted molar refractivity (Wildman–Crippen MR) is 47.0 cm³/mol. The molecule has 1 amide bonds. The summed E-state index contributed by atoms with van der Waals surface area (Å²) in [6, 6.07) is 0.154. The lowest BCUT2D eigenvalue weighted by molar-refractivity contribution is -0.153. The number of methoxy groups -OCH3 is 1. The van der Waals surface area contributed by atoms with Crippen molar-refractivity contribution in [2.75, 3.05) is 7.11 Å². The summed E-state index contributed by atoms with van der Waals surface area (Å²) in [6.07, 6.45) is 3.04. The molecule has 13 heavy (non-hydrogen) atoms. The van der Waals surface area contributed by atoms with E-state index in [0.29, 0.717) is 5.92 Å². The van der Waals surface area contributed by atoms with E-state index in [9.17, 15) is 9.59 Å². The van der Waals surface area contributed by atoms with Gasteiger partial charge in [-0.05, 0) is 25.2 Å². The first-order valence-electron chi connectivity index (χ1n) is 4.52. The maximum absolute atomic E-state index is 11.1. The zero-order valence-electron chi connectivity index (χ0n) is 8.00. The first-order chi connectivity index (χ1) is 6.13. The van der Waals surface area contributed by atoms with E-state index in [1.807, 2.05) is 0 Å². The first-order valence-corrected chi connectivity index (χ1v) is 4.52. The minimum absolute atomic E-state index is 0.154. The minimum atomic E-state index is -0.806. The van der Waals surface area contributed by atoms with Crippen molar-refractivity contribution < 1.29 is 14.3 Å². The molecule has 0 heterocycles. The zero-order valence-corrected chi connectivity index (χ0v) is 8.00. The lowest BCUT2D eigenvalue weighted by Gasteiger charge is -2.10. The number of amides is 1. The van der Waals surface area contributed by atoms with E-state index in [1.54, 1.807) is 0 Å². The van der Waals surface area contributed by atoms with Gasteiger partial charge in [0.1, 0.15) is 0 Å². The Balaban J connectivity index is 2.32. The molecule has 2 unspecified atom stereocenters. The zero-order chi connectivity index (χ0) is 9.84. The van der Waals surface area contributed by atoms with E-state index in [0.717, 1.165) is 19.3 Å². The monoisotopic (exact) mass is 185 g/mol. The number of nitrogens with one attached hydrogen (secondary N) is 1. The molecular formula is C9H15NO3. The molecule has 0 radical (unpaired) electrons. The molecule has 0 spiro atoms. The van der Waals surface area contributed by atoms with Crippen LogP contribution in [0.25, 0.3) is 0 Å². The molecule has 1 aliphatic carbocycles. The first kappa shape index (κ1) is 10.0. The molecule has 0 aromatic heterocycles. The molecule has 2 atom stereocenters. The van der Waals surface area contributed by atoms with E-state index >= 15 is 0 Å². The summed E-state index contributed by atoms with van der Waals surface area (Å²) in [4.78, 5) is 21.8. The lowest BCUT2D eigenvalue weighted by atomic mass is 10.1. The highest BCUT2D eigenvalue weighted by Gasteiger charge is 2.25. The second kappa shape index (κ2) is 4.25. The smallest absolute Gasteiger partial charge is 0.396 e. The highest BCUT2D eigenvalue weighted by atomic mass is 16.5. The summed E-state index contributed by atoms with van der Waals surface area (Å²) in [7, 11) is 1.21. The van der Waals surface area contributed by atoms with Crippen molar-refractivity contribution in [2.45, 2.75) is 32.2 Å². The Hall–Kier alpha value is -1.06. The molecule has 4 nitrogen and oxygen atoms in total. The van der Waals surface area contributed by atoms with Crippen LogP contribution in [0.5, 0.6) is 0 Å². The van der Waals surface area contributed by atoms with E-state index in [2.05, 4.69) is 17.0 Å². The second-order valence-corrected chi connectivity index (χ2v) is 3.58. The van der Waals surface area contributed by atoms with Crippen molar-refractivity contribution in [1.82, 2.24) is 5.32 Å². The molecule has 1 N–H and O–H groups in total. The molecule has 1 rings (SSSR count). The standard InChI is InChI=1S/C9H15NO3/c1-6-3-4-7(5-6)10-8(11)9(12)13-2/h6-7H,3-5H2,1-2H3,(H,10,11). The number of carbonyl (C=O) groups excluding carboxylic acids is 2. The van der Waals surface area contributed by atoms with Crippen molar-refractivity contribution in [3.63, 3.8) is 0 Å². The summed E-state index contributed by atoms with van der Waals surface area (Å²) < 4.78 is 4.30. The summed E-state index contributed by atoms with van der Waals surface area (Å²) in [6.45, 7) is 2.14. The van der Waals surface area contributed by atoms with E-state index < -0.39 is 11.9 Å². The van der Waals surface area contributed by atoms with Crippen LogP contribution in [-0.2, 0) is 14.3 Å². The molecule has 0 aromatic carbocycles. The topological polar surface area (TPSA) is 55.4 Å². The fourth-order valence-electron chi connectivity index (χ4n) is 1.68. The Morgan fingerprint density at radius 3 is 2.54 bits per heavy atom. The SMILES string of the molecule is COC(=O)C(=O)NC1CCC(C)C1. The van der Waals surface area contributed by atoms with Gasteiger partial charge in [-0.15, -0.1) is 0 Å². The molecule has 0 bridgehead atoms. The van der Waals surface area contributed by atoms with Gasteiger partial charge in [-0.25, -0.2) is 4.79 Å². The Morgan fingerprint density at radius 2 is 2.08 bits per heavy atom. The van der Waals surface area contributed by atoms with Crippen LogP contribution in [0.3, 0.4) is 0 Å². The third kappa shape index (κ3) is 2.72. The molecule has 1 aliphatic rings. The van der Waals surface area contributed by atoms with Crippen molar-refractivity contribution in [3.05, 3.63) is 0 Å². The van der Waals surface area contributed by atoms with Crippen molar-refractivity contribution >= 4 is 11.9 Å². The van der Waals surface area contributed by atoms with Gasteiger partial charge in [0, 0.05) is 6.04 Å². The van der Waals surface area contributed by atoms with Crippen LogP contribution in [0, 0.1) is 5.92 Å². The molecule has 1 saturated carbocycles. The average molecular weight is 185 g/mol. The van der Waals surface area contributed by atoms with Gasteiger partial charge in [0.25, 0.3) is 0 Å². The average Bonchev–Trinajstić information content (AvgIpc) is 2.49. The third-order valence-corrected chi connectivity index (χ3v) is 2.40. The predicted octanol–water partition coefficient (Wildman–Crippen LogP) is 0.464. The summed E-state index contributed by atoms with van der Waals surface area (Å²) in [5.74, 6) is -0.788. The Bertz CT molecular complexity index is 215. The van der Waals surface area contributed by atoms with Crippen LogP contribution in [0.2, 0.25) is 0 Å². The fraction of sp³-hybridized carbons (Fsp3) is 0.778. The quantitative estimate of drug-likeness (QED) is 0.477. The number of hydrogen-bond donors (Lipinski definition) is 1. The van der Waals surface area contributed by atoms with Gasteiger partial charge in [-0.2, -0.15) is 0 Å². The number of hydrogen-bond acceptors (Lipinski definition) is 3. The van der Waals surface area contributed by atoms with Crippen molar-refractivity contribution in [2.24, 2.45) is 5.92 Å². The summed E-state index contributed by atoms with van der Waals surface area (Å²) in [5, 5.41) is 2.65. The van der Waals surface area contributed by atoms with Crippen molar-refractivity contribution in [1.29, 1.82) is 0 Å². The molecule has 0 saturated heterocycles. The molecule has 0 aliphatic heterocycles. The van der Waals surface area contributed by atoms with Gasteiger partial charge in [0.05, 0.1) is 7.11 Å². The van der Waals surface area contributed by atoms with E-state index in [-0.39, 0.29) is 6.04 Å². The van der Waals surface area contributed by atoms with Crippen LogP contribution in [-0.4, -0.2) is 25.0 Å². The van der Waals surface area contributed by atoms with Crippen LogP contribution in [0.1, 0.15) is 26.2 Å². The molecule has 4 heteroatoms. The van der Waals surface area contributed by atoms with Crippen LogP contribution < -0.4 is 5.32 Å². The Labute approximate surface area is 77.6 Å². The second-order valence-electron chi connectivity index (χ2n) is 3.58. The van der Waals surface area contributed by atoms with Crippen LogP contribution in [0.4, 0.5) is 0 Å². The van der Waals surface area contributed by atoms with Gasteiger partial charge >= 0.3 is 11.9 Å². The Kier molecular flexibility index (Phi) is 3.28. The van der Waals surface area contributed by atoms with Gasteiger partial charge < -0.3 is 10.1 Å². The van der Waals surface area contributed by atoms with Gasteiger partial charge in [0.15, 0.2) is 0 Å². The lowest BCUT2D eigenvalue weighted by Crippen LogP contribution is -2.38. The summed E-state index contributed by atoms with van der Waals surface area (Å²) in [5.41, 5.74) is 0. The molecular weight excluding hydrogens is 170 g/mol.